The first-order valence-corrected chi connectivity index (χ1v) is 8.54. The zero-order chi connectivity index (χ0) is 15.8. The van der Waals surface area contributed by atoms with Gasteiger partial charge in [-0.1, -0.05) is 36.8 Å². The molecule has 0 bridgehead atoms. The van der Waals surface area contributed by atoms with Gasteiger partial charge in [0.1, 0.15) is 0 Å². The highest BCUT2D eigenvalue weighted by Gasteiger charge is 2.22. The van der Waals surface area contributed by atoms with E-state index in [0.29, 0.717) is 6.04 Å². The lowest BCUT2D eigenvalue weighted by Crippen LogP contribution is -2.44. The highest BCUT2D eigenvalue weighted by Crippen LogP contribution is 2.15. The van der Waals surface area contributed by atoms with E-state index in [1.165, 1.54) is 30.5 Å². The number of hydrogen-bond acceptors (Lipinski definition) is 2. The molecule has 22 heavy (non-hydrogen) atoms. The first-order chi connectivity index (χ1) is 10.7. The molecule has 2 rings (SSSR count). The topological polar surface area (TPSA) is 39.7 Å². The predicted octanol–water partition coefficient (Wildman–Crippen LogP) is 2.53. The van der Waals surface area contributed by atoms with Crippen LogP contribution in [0.5, 0.6) is 0 Å². The summed E-state index contributed by atoms with van der Waals surface area (Å²) in [5.74, 6) is 0.922. The molecule has 0 saturated carbocycles. The van der Waals surface area contributed by atoms with Crippen molar-refractivity contribution in [2.45, 2.75) is 46.2 Å². The fourth-order valence-corrected chi connectivity index (χ4v) is 2.96. The molecule has 0 aliphatic carbocycles. The largest absolute Gasteiger partial charge is 0.357 e. The summed E-state index contributed by atoms with van der Waals surface area (Å²) in [4.78, 5) is 7.25. The first kappa shape index (κ1) is 16.8. The zero-order valence-corrected chi connectivity index (χ0v) is 14.2. The van der Waals surface area contributed by atoms with Crippen LogP contribution in [-0.4, -0.2) is 43.1 Å². The minimum Gasteiger partial charge on any atom is -0.357 e. The summed E-state index contributed by atoms with van der Waals surface area (Å²) in [5.41, 5.74) is 2.54. The molecule has 1 unspecified atom stereocenters. The fourth-order valence-electron chi connectivity index (χ4n) is 2.96. The van der Waals surface area contributed by atoms with Crippen molar-refractivity contribution in [2.75, 3.05) is 26.2 Å². The van der Waals surface area contributed by atoms with Gasteiger partial charge in [0.2, 0.25) is 0 Å². The van der Waals surface area contributed by atoms with Crippen molar-refractivity contribution in [1.29, 1.82) is 0 Å². The van der Waals surface area contributed by atoms with Crippen molar-refractivity contribution >= 4 is 5.96 Å². The molecule has 0 spiro atoms. The van der Waals surface area contributed by atoms with Gasteiger partial charge in [0.05, 0.1) is 6.54 Å². The molecule has 1 aromatic carbocycles. The number of likely N-dealkylation sites (N-methyl/N-ethyl adjacent to an activating group) is 1. The molecular weight excluding hydrogens is 272 g/mol. The van der Waals surface area contributed by atoms with E-state index >= 15 is 0 Å². The Kier molecular flexibility index (Phi) is 6.72. The van der Waals surface area contributed by atoms with E-state index in [2.05, 4.69) is 60.6 Å². The number of rotatable bonds is 6. The van der Waals surface area contributed by atoms with Gasteiger partial charge in [-0.15, -0.1) is 0 Å². The van der Waals surface area contributed by atoms with E-state index in [1.54, 1.807) is 0 Å². The van der Waals surface area contributed by atoms with Crippen molar-refractivity contribution in [1.82, 2.24) is 15.5 Å². The number of likely N-dealkylation sites (tertiary alicyclic amines) is 1. The van der Waals surface area contributed by atoms with Crippen LogP contribution in [-0.2, 0) is 6.54 Å². The molecule has 1 saturated heterocycles. The Labute approximate surface area is 135 Å². The second kappa shape index (κ2) is 8.79. The Hall–Kier alpha value is -1.55. The molecule has 1 aliphatic rings. The number of guanidine groups is 1. The molecule has 0 radical (unpaired) electrons. The lowest BCUT2D eigenvalue weighted by atomic mass is 10.1. The maximum absolute atomic E-state index is 4.70. The summed E-state index contributed by atoms with van der Waals surface area (Å²) >= 11 is 0. The third-order valence-corrected chi connectivity index (χ3v) is 4.29. The average molecular weight is 302 g/mol. The normalized spacial score (nSPS) is 19.4. The Bertz CT molecular complexity index is 466. The Morgan fingerprint density at radius 2 is 2.00 bits per heavy atom. The highest BCUT2D eigenvalue weighted by molar-refractivity contribution is 5.79. The summed E-state index contributed by atoms with van der Waals surface area (Å²) < 4.78 is 0. The summed E-state index contributed by atoms with van der Waals surface area (Å²) in [6.45, 7) is 11.4. The van der Waals surface area contributed by atoms with Gasteiger partial charge in [0.15, 0.2) is 5.96 Å². The molecule has 4 nitrogen and oxygen atoms in total. The number of aliphatic imine (C=N–C) groups is 1. The van der Waals surface area contributed by atoms with Gasteiger partial charge < -0.3 is 10.6 Å². The molecule has 4 heteroatoms. The number of hydrogen-bond donors (Lipinski definition) is 2. The lowest BCUT2D eigenvalue weighted by Gasteiger charge is -2.24. The maximum atomic E-state index is 4.70. The molecule has 1 heterocycles. The minimum atomic E-state index is 0.647. The van der Waals surface area contributed by atoms with E-state index < -0.39 is 0 Å². The van der Waals surface area contributed by atoms with Crippen LogP contribution in [0.15, 0.2) is 29.3 Å². The highest BCUT2D eigenvalue weighted by atomic mass is 15.2. The Morgan fingerprint density at radius 1 is 1.23 bits per heavy atom. The van der Waals surface area contributed by atoms with Crippen LogP contribution >= 0.6 is 0 Å². The van der Waals surface area contributed by atoms with E-state index in [-0.39, 0.29) is 0 Å². The summed E-state index contributed by atoms with van der Waals surface area (Å²) in [6, 6.07) is 9.23. The average Bonchev–Trinajstić information content (AvgIpc) is 2.99. The van der Waals surface area contributed by atoms with Gasteiger partial charge in [-0.25, -0.2) is 4.99 Å². The van der Waals surface area contributed by atoms with Crippen LogP contribution in [0, 0.1) is 6.92 Å². The van der Waals surface area contributed by atoms with Crippen molar-refractivity contribution in [2.24, 2.45) is 4.99 Å². The van der Waals surface area contributed by atoms with Gasteiger partial charge in [-0.2, -0.15) is 0 Å². The number of nitrogens with one attached hydrogen (secondary N) is 2. The van der Waals surface area contributed by atoms with Crippen LogP contribution in [0.4, 0.5) is 0 Å². The van der Waals surface area contributed by atoms with Crippen LogP contribution in [0.3, 0.4) is 0 Å². The molecule has 122 valence electrons. The maximum Gasteiger partial charge on any atom is 0.191 e. The zero-order valence-electron chi connectivity index (χ0n) is 14.2. The third-order valence-electron chi connectivity index (χ3n) is 4.29. The molecule has 1 atom stereocenters. The molecule has 0 aromatic heterocycles. The summed E-state index contributed by atoms with van der Waals surface area (Å²) in [7, 11) is 0. The molecular formula is C18H30N4. The van der Waals surface area contributed by atoms with E-state index in [9.17, 15) is 0 Å². The SMILES string of the molecule is CCNC(=NCc1ccc(C)cc1)NCC1CCCN1CC. The third kappa shape index (κ3) is 5.02. The van der Waals surface area contributed by atoms with Crippen molar-refractivity contribution in [3.63, 3.8) is 0 Å². The van der Waals surface area contributed by atoms with Crippen LogP contribution in [0.25, 0.3) is 0 Å². The van der Waals surface area contributed by atoms with E-state index in [1.807, 2.05) is 0 Å². The molecule has 1 aromatic rings. The second-order valence-electron chi connectivity index (χ2n) is 5.99. The van der Waals surface area contributed by atoms with Gasteiger partial charge in [0.25, 0.3) is 0 Å². The van der Waals surface area contributed by atoms with E-state index in [4.69, 9.17) is 4.99 Å². The fraction of sp³-hybridized carbons (Fsp3) is 0.611. The van der Waals surface area contributed by atoms with Crippen LogP contribution in [0.1, 0.15) is 37.8 Å². The number of benzene rings is 1. The van der Waals surface area contributed by atoms with Crippen LogP contribution in [0.2, 0.25) is 0 Å². The van der Waals surface area contributed by atoms with Crippen LogP contribution < -0.4 is 10.6 Å². The smallest absolute Gasteiger partial charge is 0.191 e. The van der Waals surface area contributed by atoms with Gasteiger partial charge in [-0.3, -0.25) is 4.90 Å². The molecule has 2 N–H and O–H groups in total. The van der Waals surface area contributed by atoms with Crippen molar-refractivity contribution in [3.8, 4) is 0 Å². The lowest BCUT2D eigenvalue weighted by molar-refractivity contribution is 0.267. The number of aryl methyl sites for hydroxylation is 1. The second-order valence-corrected chi connectivity index (χ2v) is 5.99. The quantitative estimate of drug-likeness (QED) is 0.626. The summed E-state index contributed by atoms with van der Waals surface area (Å²) in [6.07, 6.45) is 2.61. The van der Waals surface area contributed by atoms with Gasteiger partial charge >= 0.3 is 0 Å². The molecule has 0 amide bonds. The minimum absolute atomic E-state index is 0.647. The molecule has 1 fully saturated rings. The predicted molar refractivity (Wildman–Crippen MR) is 94.3 cm³/mol. The van der Waals surface area contributed by atoms with Gasteiger partial charge in [0, 0.05) is 19.1 Å². The van der Waals surface area contributed by atoms with E-state index in [0.717, 1.165) is 32.1 Å². The number of nitrogens with zero attached hydrogens (tertiary/aromatic N) is 2. The Balaban J connectivity index is 1.88. The molecule has 1 aliphatic heterocycles. The standard InChI is InChI=1S/C18H30N4/c1-4-19-18(20-13-16-10-8-15(3)9-11-16)21-14-17-7-6-12-22(17)5-2/h8-11,17H,4-7,12-14H2,1-3H3,(H2,19,20,21). The van der Waals surface area contributed by atoms with Crippen molar-refractivity contribution in [3.05, 3.63) is 35.4 Å². The first-order valence-electron chi connectivity index (χ1n) is 8.54. The van der Waals surface area contributed by atoms with Crippen molar-refractivity contribution < 1.29 is 0 Å². The van der Waals surface area contributed by atoms with Gasteiger partial charge in [-0.05, 0) is 45.3 Å². The Morgan fingerprint density at radius 3 is 2.68 bits per heavy atom. The monoisotopic (exact) mass is 302 g/mol. The summed E-state index contributed by atoms with van der Waals surface area (Å²) in [5, 5.41) is 6.85.